The standard InChI is InChI=1S/C22H25BrN2.C3H6/c1-4-13-24-20-10-7-18(8-11-20)16-19-9-12-21(17-22(19)23)25(14-5-2)15-6-3;1-3-2/h4-12,17,24H,1-3,13-16H2;3H,1H2,2H3. The molecule has 0 unspecified atom stereocenters. The van der Waals surface area contributed by atoms with Crippen molar-refractivity contribution < 1.29 is 0 Å². The minimum atomic E-state index is 0.776. The van der Waals surface area contributed by atoms with Crippen LogP contribution in [0.25, 0.3) is 0 Å². The van der Waals surface area contributed by atoms with E-state index in [0.29, 0.717) is 0 Å². The monoisotopic (exact) mass is 438 g/mol. The minimum Gasteiger partial charge on any atom is -0.382 e. The maximum absolute atomic E-state index is 3.83. The zero-order valence-corrected chi connectivity index (χ0v) is 18.4. The van der Waals surface area contributed by atoms with Crippen molar-refractivity contribution in [1.82, 2.24) is 0 Å². The van der Waals surface area contributed by atoms with Gasteiger partial charge in [-0.2, -0.15) is 0 Å². The lowest BCUT2D eigenvalue weighted by Crippen LogP contribution is -2.23. The fourth-order valence-corrected chi connectivity index (χ4v) is 3.13. The minimum absolute atomic E-state index is 0.776. The molecule has 2 aromatic rings. The third-order valence-electron chi connectivity index (χ3n) is 3.90. The third kappa shape index (κ3) is 8.01. The molecule has 2 rings (SSSR count). The summed E-state index contributed by atoms with van der Waals surface area (Å²) >= 11 is 3.72. The van der Waals surface area contributed by atoms with Crippen LogP contribution < -0.4 is 10.2 Å². The van der Waals surface area contributed by atoms with Gasteiger partial charge < -0.3 is 10.2 Å². The summed E-state index contributed by atoms with van der Waals surface area (Å²) in [5.74, 6) is 0. The first-order valence-electron chi connectivity index (χ1n) is 9.35. The molecule has 0 saturated heterocycles. The molecule has 1 N–H and O–H groups in total. The second-order valence-corrected chi connectivity index (χ2v) is 7.06. The van der Waals surface area contributed by atoms with Crippen LogP contribution in [0.4, 0.5) is 11.4 Å². The molecule has 0 aromatic heterocycles. The van der Waals surface area contributed by atoms with Gasteiger partial charge in [-0.25, -0.2) is 0 Å². The van der Waals surface area contributed by atoms with Crippen molar-refractivity contribution in [3.63, 3.8) is 0 Å². The van der Waals surface area contributed by atoms with E-state index in [1.54, 1.807) is 6.08 Å². The lowest BCUT2D eigenvalue weighted by Gasteiger charge is -2.22. The molecule has 0 fully saturated rings. The van der Waals surface area contributed by atoms with Crippen molar-refractivity contribution in [2.24, 2.45) is 0 Å². The average molecular weight is 439 g/mol. The molecule has 3 heteroatoms. The van der Waals surface area contributed by atoms with Crippen molar-refractivity contribution in [3.8, 4) is 0 Å². The highest BCUT2D eigenvalue weighted by Gasteiger charge is 2.07. The molecule has 0 saturated carbocycles. The zero-order chi connectivity index (χ0) is 20.8. The van der Waals surface area contributed by atoms with E-state index in [4.69, 9.17) is 0 Å². The molecule has 0 heterocycles. The van der Waals surface area contributed by atoms with Crippen molar-refractivity contribution in [2.75, 3.05) is 29.9 Å². The molecule has 0 spiro atoms. The van der Waals surface area contributed by atoms with Gasteiger partial charge in [0, 0.05) is 35.5 Å². The summed E-state index contributed by atoms with van der Waals surface area (Å²) in [7, 11) is 0. The molecule has 0 radical (unpaired) electrons. The fourth-order valence-electron chi connectivity index (χ4n) is 2.62. The Morgan fingerprint density at radius 2 is 1.54 bits per heavy atom. The summed E-state index contributed by atoms with van der Waals surface area (Å²) in [5.41, 5.74) is 4.83. The van der Waals surface area contributed by atoms with Crippen LogP contribution in [0.2, 0.25) is 0 Å². The maximum Gasteiger partial charge on any atom is 0.0383 e. The van der Waals surface area contributed by atoms with Gasteiger partial charge in [-0.1, -0.05) is 58.4 Å². The first kappa shape index (κ1) is 23.5. The van der Waals surface area contributed by atoms with E-state index in [9.17, 15) is 0 Å². The SMILES string of the molecule is C=CC.C=CCNc1ccc(Cc2ccc(N(CC=C)CC=C)cc2Br)cc1. The first-order valence-corrected chi connectivity index (χ1v) is 10.1. The molecule has 28 heavy (non-hydrogen) atoms. The Morgan fingerprint density at radius 1 is 0.929 bits per heavy atom. The number of nitrogens with zero attached hydrogens (tertiary/aromatic N) is 1. The summed E-state index contributed by atoms with van der Waals surface area (Å²) < 4.78 is 1.12. The highest BCUT2D eigenvalue weighted by Crippen LogP contribution is 2.26. The Hall–Kier alpha value is -2.52. The smallest absolute Gasteiger partial charge is 0.0383 e. The second-order valence-electron chi connectivity index (χ2n) is 6.21. The summed E-state index contributed by atoms with van der Waals surface area (Å²) in [6, 6.07) is 15.0. The highest BCUT2D eigenvalue weighted by molar-refractivity contribution is 9.10. The normalized spacial score (nSPS) is 9.50. The largest absolute Gasteiger partial charge is 0.382 e. The number of allylic oxidation sites excluding steroid dienone is 1. The molecule has 2 nitrogen and oxygen atoms in total. The molecule has 0 aliphatic carbocycles. The van der Waals surface area contributed by atoms with E-state index in [1.807, 2.05) is 25.2 Å². The van der Waals surface area contributed by atoms with Gasteiger partial charge >= 0.3 is 0 Å². The molecule has 0 aliphatic heterocycles. The lowest BCUT2D eigenvalue weighted by molar-refractivity contribution is 0.954. The number of hydrogen-bond acceptors (Lipinski definition) is 2. The number of nitrogens with one attached hydrogen (secondary N) is 1. The quantitative estimate of drug-likeness (QED) is 0.401. The van der Waals surface area contributed by atoms with Crippen molar-refractivity contribution in [2.45, 2.75) is 13.3 Å². The Labute approximate surface area is 179 Å². The molecule has 2 aromatic carbocycles. The Balaban J connectivity index is 0.00000122. The van der Waals surface area contributed by atoms with E-state index >= 15 is 0 Å². The predicted octanol–water partition coefficient (Wildman–Crippen LogP) is 7.01. The van der Waals surface area contributed by atoms with Gasteiger partial charge in [0.25, 0.3) is 0 Å². The molecule has 0 bridgehead atoms. The van der Waals surface area contributed by atoms with Crippen molar-refractivity contribution in [1.29, 1.82) is 0 Å². The molecule has 0 amide bonds. The van der Waals surface area contributed by atoms with E-state index in [-0.39, 0.29) is 0 Å². The highest BCUT2D eigenvalue weighted by atomic mass is 79.9. The van der Waals surface area contributed by atoms with Gasteiger partial charge in [-0.05, 0) is 48.7 Å². The second kappa shape index (κ2) is 13.6. The van der Waals surface area contributed by atoms with E-state index in [0.717, 1.165) is 36.2 Å². The van der Waals surface area contributed by atoms with Gasteiger partial charge in [-0.3, -0.25) is 0 Å². The third-order valence-corrected chi connectivity index (χ3v) is 4.64. The summed E-state index contributed by atoms with van der Waals surface area (Å²) in [5, 5.41) is 3.29. The predicted molar refractivity (Wildman–Crippen MR) is 131 cm³/mol. The topological polar surface area (TPSA) is 15.3 Å². The summed E-state index contributed by atoms with van der Waals surface area (Å²) in [4.78, 5) is 2.23. The van der Waals surface area contributed by atoms with Crippen molar-refractivity contribution in [3.05, 3.63) is 109 Å². The average Bonchev–Trinajstić information content (AvgIpc) is 2.69. The van der Waals surface area contributed by atoms with Crippen LogP contribution >= 0.6 is 15.9 Å². The zero-order valence-electron chi connectivity index (χ0n) is 16.8. The van der Waals surface area contributed by atoms with E-state index in [1.165, 1.54) is 16.8 Å². The number of hydrogen-bond donors (Lipinski definition) is 1. The van der Waals surface area contributed by atoms with Crippen LogP contribution in [0, 0.1) is 0 Å². The van der Waals surface area contributed by atoms with Crippen LogP contribution in [0.1, 0.15) is 18.1 Å². The summed E-state index contributed by atoms with van der Waals surface area (Å²) in [6.07, 6.45) is 8.32. The molecule has 148 valence electrons. The molecule has 0 aliphatic rings. The van der Waals surface area contributed by atoms with E-state index < -0.39 is 0 Å². The van der Waals surface area contributed by atoms with E-state index in [2.05, 4.69) is 94.9 Å². The Morgan fingerprint density at radius 3 is 2.04 bits per heavy atom. The van der Waals surface area contributed by atoms with Gasteiger partial charge in [0.15, 0.2) is 0 Å². The fraction of sp³-hybridized carbons (Fsp3) is 0.200. The molecular weight excluding hydrogens is 408 g/mol. The van der Waals surface area contributed by atoms with Gasteiger partial charge in [0.1, 0.15) is 0 Å². The van der Waals surface area contributed by atoms with Crippen LogP contribution in [-0.2, 0) is 6.42 Å². The van der Waals surface area contributed by atoms with Crippen LogP contribution in [-0.4, -0.2) is 19.6 Å². The Kier molecular flexibility index (Phi) is 11.4. The lowest BCUT2D eigenvalue weighted by atomic mass is 10.0. The van der Waals surface area contributed by atoms with Gasteiger partial charge in [-0.15, -0.1) is 26.3 Å². The van der Waals surface area contributed by atoms with Crippen LogP contribution in [0.3, 0.4) is 0 Å². The Bertz CT molecular complexity index is 753. The van der Waals surface area contributed by atoms with Gasteiger partial charge in [0.2, 0.25) is 0 Å². The number of anilines is 2. The van der Waals surface area contributed by atoms with Crippen LogP contribution in [0.15, 0.2) is 97.6 Å². The summed E-state index contributed by atoms with van der Waals surface area (Å²) in [6.45, 7) is 19.0. The van der Waals surface area contributed by atoms with Crippen molar-refractivity contribution >= 4 is 27.3 Å². The molecular formula is C25H31BrN2. The molecule has 0 atom stereocenters. The number of halogens is 1. The van der Waals surface area contributed by atoms with Crippen LogP contribution in [0.5, 0.6) is 0 Å². The first-order chi connectivity index (χ1) is 13.6. The number of rotatable bonds is 10. The maximum atomic E-state index is 3.83. The number of benzene rings is 2. The van der Waals surface area contributed by atoms with Gasteiger partial charge in [0.05, 0.1) is 0 Å².